The van der Waals surface area contributed by atoms with Gasteiger partial charge < -0.3 is 0 Å². The number of rotatable bonds is 12. The molecule has 0 unspecified atom stereocenters. The zero-order chi connectivity index (χ0) is 47.4. The molecule has 0 saturated carbocycles. The van der Waals surface area contributed by atoms with Crippen LogP contribution in [0.2, 0.25) is 0 Å². The van der Waals surface area contributed by atoms with E-state index in [0.717, 1.165) is 24.8 Å². The van der Waals surface area contributed by atoms with Crippen molar-refractivity contribution < 1.29 is 0 Å². The third-order valence-corrected chi connectivity index (χ3v) is 10.9. The Morgan fingerprint density at radius 2 is 1.29 bits per heavy atom. The minimum absolute atomic E-state index is 0.0207. The molecule has 0 fully saturated rings. The van der Waals surface area contributed by atoms with Crippen LogP contribution >= 0.6 is 0 Å². The normalized spacial score (nSPS) is 12.2. The number of aryl methyl sites for hydroxylation is 3. The van der Waals surface area contributed by atoms with Crippen molar-refractivity contribution in [3.63, 3.8) is 0 Å². The molecule has 330 valence electrons. The lowest BCUT2D eigenvalue weighted by Gasteiger charge is -2.23. The molecule has 4 aromatic rings. The topological polar surface area (TPSA) is 0 Å². The van der Waals surface area contributed by atoms with E-state index in [0.29, 0.717) is 0 Å². The summed E-state index contributed by atoms with van der Waals surface area (Å²) >= 11 is 0. The first-order valence-corrected chi connectivity index (χ1v) is 22.6. The van der Waals surface area contributed by atoms with Gasteiger partial charge in [0.15, 0.2) is 0 Å². The molecule has 1 aliphatic rings. The molecule has 0 heteroatoms. The lowest BCUT2D eigenvalue weighted by atomic mass is 9.80. The predicted molar refractivity (Wildman–Crippen MR) is 287 cm³/mol. The summed E-state index contributed by atoms with van der Waals surface area (Å²) in [5.74, 6) is 0. The molecule has 1 aliphatic carbocycles. The number of benzene rings is 4. The van der Waals surface area contributed by atoms with Gasteiger partial charge in [-0.2, -0.15) is 0 Å². The molecule has 5 rings (SSSR count). The maximum absolute atomic E-state index is 4.23. The molecule has 0 radical (unpaired) electrons. The second-order valence-corrected chi connectivity index (χ2v) is 15.3. The second kappa shape index (κ2) is 30.3. The van der Waals surface area contributed by atoms with Crippen LogP contribution in [0.5, 0.6) is 0 Å². The molecule has 0 atom stereocenters. The van der Waals surface area contributed by atoms with E-state index in [-0.39, 0.29) is 5.41 Å². The Labute approximate surface area is 382 Å². The highest BCUT2D eigenvalue weighted by molar-refractivity contribution is 5.91. The van der Waals surface area contributed by atoms with Crippen molar-refractivity contribution in [2.24, 2.45) is 0 Å². The Morgan fingerprint density at radius 1 is 0.694 bits per heavy atom. The SMILES string of the molecule is C=C/C(=C\C)Cc1ccc2c(c1)C(C)(C)c1cc(C)c(C=C)c(C=C)c1-2.C=C/C(C)=C(/C)C(=C)c1ccccc1CCC.C=C/C=C\C(C)=C/C.CC.CC.Cc1ccccc1. The van der Waals surface area contributed by atoms with Crippen molar-refractivity contribution in [3.8, 4) is 11.1 Å². The monoisotopic (exact) mass is 827 g/mol. The molecule has 0 bridgehead atoms. The van der Waals surface area contributed by atoms with Gasteiger partial charge >= 0.3 is 0 Å². The number of hydrogen-bond donors (Lipinski definition) is 0. The van der Waals surface area contributed by atoms with Crippen LogP contribution in [0.25, 0.3) is 28.9 Å². The van der Waals surface area contributed by atoms with Gasteiger partial charge in [-0.15, -0.1) is 0 Å². The van der Waals surface area contributed by atoms with Crippen molar-refractivity contribution in [3.05, 3.63) is 233 Å². The standard InChI is InChI=1S/C26H28.C17H22.C8H12.C7H8.2C2H6/c1-8-18(9-2)15-19-12-13-22-23(16-19)26(6,7)24-14-17(5)20(10-3)21(11-4)25(22)24;1-6-10-16-11-8-9-12-17(16)15(5)14(4)13(3)7-2;1-4-6-7-8(3)5-2;1-7-5-3-2-4-6-7;2*1-2/h8-14,16H,1,3-4,15H2,2,5-7H3;7-9,11-12H,2,5-6,10H2,1,3-4H3;4-7H,1H2,2-3H3;2-6H,1H3;2*1-2H3/b18-9+;14-13-;7-6-,8-5-;;;. The minimum Gasteiger partial charge on any atom is -0.0991 e. The zero-order valence-corrected chi connectivity index (χ0v) is 41.6. The molecule has 62 heavy (non-hydrogen) atoms. The average molecular weight is 827 g/mol. The van der Waals surface area contributed by atoms with E-state index < -0.39 is 0 Å². The van der Waals surface area contributed by atoms with Crippen molar-refractivity contribution in [2.45, 2.75) is 122 Å². The average Bonchev–Trinajstić information content (AvgIpc) is 3.52. The van der Waals surface area contributed by atoms with Crippen LogP contribution in [0.4, 0.5) is 0 Å². The van der Waals surface area contributed by atoms with Gasteiger partial charge in [0.25, 0.3) is 0 Å². The van der Waals surface area contributed by atoms with Crippen LogP contribution in [0.1, 0.15) is 140 Å². The van der Waals surface area contributed by atoms with Gasteiger partial charge in [0.1, 0.15) is 0 Å². The van der Waals surface area contributed by atoms with E-state index in [1.165, 1.54) is 83.5 Å². The van der Waals surface area contributed by atoms with Gasteiger partial charge in [0.2, 0.25) is 0 Å². The summed E-state index contributed by atoms with van der Waals surface area (Å²) in [4.78, 5) is 0. The third-order valence-electron chi connectivity index (χ3n) is 10.9. The van der Waals surface area contributed by atoms with E-state index >= 15 is 0 Å². The van der Waals surface area contributed by atoms with Crippen molar-refractivity contribution in [1.82, 2.24) is 0 Å². The Kier molecular flexibility index (Phi) is 27.5. The van der Waals surface area contributed by atoms with Gasteiger partial charge in [-0.25, -0.2) is 0 Å². The Bertz CT molecular complexity index is 2180. The fraction of sp³-hybridized carbons (Fsp3) is 0.290. The van der Waals surface area contributed by atoms with E-state index in [1.807, 2.05) is 89.3 Å². The van der Waals surface area contributed by atoms with Gasteiger partial charge in [-0.3, -0.25) is 0 Å². The Balaban J connectivity index is 0.000000882. The van der Waals surface area contributed by atoms with Crippen LogP contribution < -0.4 is 0 Å². The van der Waals surface area contributed by atoms with Crippen LogP contribution in [-0.2, 0) is 18.3 Å². The highest BCUT2D eigenvalue weighted by atomic mass is 14.4. The molecule has 0 heterocycles. The number of hydrogen-bond acceptors (Lipinski definition) is 0. The predicted octanol–water partition coefficient (Wildman–Crippen LogP) is 19.2. The van der Waals surface area contributed by atoms with Crippen molar-refractivity contribution in [1.29, 1.82) is 0 Å². The molecule has 0 N–H and O–H groups in total. The molecule has 0 nitrogen and oxygen atoms in total. The molecule has 0 amide bonds. The fourth-order valence-corrected chi connectivity index (χ4v) is 6.98. The van der Waals surface area contributed by atoms with Gasteiger partial charge in [-0.05, 0) is 139 Å². The van der Waals surface area contributed by atoms with Gasteiger partial charge in [0, 0.05) is 5.41 Å². The highest BCUT2D eigenvalue weighted by Crippen LogP contribution is 2.52. The molecular formula is C62H82. The van der Waals surface area contributed by atoms with E-state index in [9.17, 15) is 0 Å². The van der Waals surface area contributed by atoms with Crippen LogP contribution in [0.15, 0.2) is 183 Å². The summed E-state index contributed by atoms with van der Waals surface area (Å²) in [5, 5.41) is 0. The lowest BCUT2D eigenvalue weighted by molar-refractivity contribution is 0.658. The summed E-state index contributed by atoms with van der Waals surface area (Å²) < 4.78 is 0. The summed E-state index contributed by atoms with van der Waals surface area (Å²) in [6.45, 7) is 53.1. The van der Waals surface area contributed by atoms with Gasteiger partial charge in [-0.1, -0.05) is 239 Å². The zero-order valence-electron chi connectivity index (χ0n) is 41.6. The smallest absolute Gasteiger partial charge is 0.0159 e. The molecule has 0 aromatic heterocycles. The number of allylic oxidation sites excluding steroid dienone is 12. The minimum atomic E-state index is -0.0207. The Hall–Kier alpha value is -5.72. The Morgan fingerprint density at radius 3 is 1.77 bits per heavy atom. The van der Waals surface area contributed by atoms with E-state index in [4.69, 9.17) is 0 Å². The molecule has 0 spiro atoms. The van der Waals surface area contributed by atoms with Crippen LogP contribution in [-0.4, -0.2) is 0 Å². The maximum atomic E-state index is 4.23. The summed E-state index contributed by atoms with van der Waals surface area (Å²) in [5.41, 5.74) is 20.4. The van der Waals surface area contributed by atoms with Crippen molar-refractivity contribution >= 4 is 17.7 Å². The van der Waals surface area contributed by atoms with Crippen molar-refractivity contribution in [2.75, 3.05) is 0 Å². The maximum Gasteiger partial charge on any atom is 0.0159 e. The summed E-state index contributed by atoms with van der Waals surface area (Å²) in [6.07, 6.45) is 20.9. The second-order valence-electron chi connectivity index (χ2n) is 15.3. The first kappa shape index (κ1) is 56.3. The number of fused-ring (bicyclic) bond motifs is 3. The lowest BCUT2D eigenvalue weighted by Crippen LogP contribution is -2.16. The third kappa shape index (κ3) is 16.3. The summed E-state index contributed by atoms with van der Waals surface area (Å²) in [6, 6.07) is 28.0. The first-order valence-electron chi connectivity index (χ1n) is 22.6. The molecule has 0 saturated heterocycles. The first-order chi connectivity index (χ1) is 29.7. The molecule has 4 aromatic carbocycles. The highest BCUT2D eigenvalue weighted by Gasteiger charge is 2.37. The van der Waals surface area contributed by atoms with Crippen LogP contribution in [0, 0.1) is 13.8 Å². The van der Waals surface area contributed by atoms with Crippen LogP contribution in [0.3, 0.4) is 0 Å². The quantitative estimate of drug-likeness (QED) is 0.125. The molecule has 0 aliphatic heterocycles. The van der Waals surface area contributed by atoms with E-state index in [1.54, 1.807) is 6.08 Å². The fourth-order valence-electron chi connectivity index (χ4n) is 6.98. The molecular weight excluding hydrogens is 745 g/mol. The van der Waals surface area contributed by atoms with E-state index in [2.05, 4.69) is 175 Å². The largest absolute Gasteiger partial charge is 0.0991 e. The van der Waals surface area contributed by atoms with Gasteiger partial charge in [0.05, 0.1) is 0 Å². The summed E-state index contributed by atoms with van der Waals surface area (Å²) in [7, 11) is 0.